The molecule has 0 N–H and O–H groups in total. The maximum Gasteiger partial charge on any atom is 0.338 e. The summed E-state index contributed by atoms with van der Waals surface area (Å²) in [5.74, 6) is 0.371. The van der Waals surface area contributed by atoms with Crippen LogP contribution in [-0.4, -0.2) is 36.8 Å². The van der Waals surface area contributed by atoms with Crippen molar-refractivity contribution in [1.29, 1.82) is 0 Å². The van der Waals surface area contributed by atoms with Gasteiger partial charge in [0.1, 0.15) is 0 Å². The van der Waals surface area contributed by atoms with E-state index >= 15 is 0 Å². The molecule has 0 fully saturated rings. The number of halogens is 2. The van der Waals surface area contributed by atoms with Crippen LogP contribution in [0.25, 0.3) is 6.08 Å². The van der Waals surface area contributed by atoms with E-state index in [2.05, 4.69) is 50.2 Å². The van der Waals surface area contributed by atoms with Crippen molar-refractivity contribution in [2.24, 2.45) is 4.99 Å². The Morgan fingerprint density at radius 3 is 2.52 bits per heavy atom. The number of rotatable bonds is 8. The average molecular weight is 788 g/mol. The number of esters is 2. The highest BCUT2D eigenvalue weighted by molar-refractivity contribution is 14.1. The van der Waals surface area contributed by atoms with Gasteiger partial charge in [0.25, 0.3) is 5.56 Å². The molecule has 0 saturated carbocycles. The van der Waals surface area contributed by atoms with Gasteiger partial charge < -0.3 is 18.9 Å². The number of thiazole rings is 1. The molecule has 3 aromatic rings. The van der Waals surface area contributed by atoms with E-state index in [1.54, 1.807) is 45.2 Å². The molecule has 0 unspecified atom stereocenters. The zero-order valence-corrected chi connectivity index (χ0v) is 27.5. The number of methoxy groups -OCH3 is 1. The van der Waals surface area contributed by atoms with Gasteiger partial charge >= 0.3 is 11.9 Å². The molecule has 1 aliphatic rings. The second-order valence-electron chi connectivity index (χ2n) is 8.55. The van der Waals surface area contributed by atoms with Crippen molar-refractivity contribution in [3.8, 4) is 17.2 Å². The van der Waals surface area contributed by atoms with Gasteiger partial charge in [-0.15, -0.1) is 0 Å². The van der Waals surface area contributed by atoms with Crippen LogP contribution in [0.1, 0.15) is 44.9 Å². The molecule has 0 aliphatic carbocycles. The molecule has 2 aromatic carbocycles. The van der Waals surface area contributed by atoms with Crippen molar-refractivity contribution in [1.82, 2.24) is 4.57 Å². The van der Waals surface area contributed by atoms with Crippen LogP contribution in [0.15, 0.2) is 51.4 Å². The average Bonchev–Trinajstić information content (AvgIpc) is 3.19. The van der Waals surface area contributed by atoms with E-state index in [4.69, 9.17) is 18.9 Å². The van der Waals surface area contributed by atoms with E-state index < -0.39 is 18.0 Å². The second kappa shape index (κ2) is 12.9. The molecule has 4 rings (SSSR count). The number of nitrogens with zero attached hydrogens (tertiary/aromatic N) is 2. The maximum atomic E-state index is 14.0. The fourth-order valence-electron chi connectivity index (χ4n) is 4.32. The van der Waals surface area contributed by atoms with Crippen LogP contribution in [0.4, 0.5) is 0 Å². The molecule has 1 atom stereocenters. The topological polar surface area (TPSA) is 105 Å². The predicted molar refractivity (Wildman–Crippen MR) is 168 cm³/mol. The molecule has 2 heterocycles. The first kappa shape index (κ1) is 30.2. The van der Waals surface area contributed by atoms with Crippen LogP contribution < -0.4 is 29.1 Å². The number of carbonyl (C=O) groups is 2. The van der Waals surface area contributed by atoms with Gasteiger partial charge in [0.2, 0.25) is 0 Å². The molecule has 0 spiro atoms. The number of carbonyl (C=O) groups excluding carboxylic acids is 2. The van der Waals surface area contributed by atoms with Crippen molar-refractivity contribution in [3.63, 3.8) is 0 Å². The van der Waals surface area contributed by atoms with Crippen LogP contribution in [0.3, 0.4) is 0 Å². The molecule has 12 heteroatoms. The van der Waals surface area contributed by atoms with E-state index in [0.717, 1.165) is 7.14 Å². The SMILES string of the molecule is CCOC(=O)C1=C(C)N=c2s/c(=C\c3cc(I)cc(I)c3OC(C)=O)c(=O)n2[C@@H]1c1ccc(OC)c(OCC)c1. The molecule has 210 valence electrons. The van der Waals surface area contributed by atoms with E-state index in [1.807, 2.05) is 19.1 Å². The first-order valence-corrected chi connectivity index (χ1v) is 15.2. The van der Waals surface area contributed by atoms with Gasteiger partial charge in [0.15, 0.2) is 22.0 Å². The van der Waals surface area contributed by atoms with Crippen LogP contribution in [0.5, 0.6) is 17.2 Å². The lowest BCUT2D eigenvalue weighted by Crippen LogP contribution is -2.40. The number of benzene rings is 2. The summed E-state index contributed by atoms with van der Waals surface area (Å²) >= 11 is 5.46. The zero-order chi connectivity index (χ0) is 29.1. The second-order valence-corrected chi connectivity index (χ2v) is 12.0. The van der Waals surface area contributed by atoms with E-state index in [9.17, 15) is 14.4 Å². The number of fused-ring (bicyclic) bond motifs is 1. The summed E-state index contributed by atoms with van der Waals surface area (Å²) in [5.41, 5.74) is 1.59. The Morgan fingerprint density at radius 2 is 1.88 bits per heavy atom. The minimum atomic E-state index is -0.813. The van der Waals surface area contributed by atoms with Crippen LogP contribution in [0, 0.1) is 7.14 Å². The molecule has 0 radical (unpaired) electrons. The van der Waals surface area contributed by atoms with Gasteiger partial charge in [0, 0.05) is 16.1 Å². The van der Waals surface area contributed by atoms with Crippen LogP contribution in [0.2, 0.25) is 0 Å². The van der Waals surface area contributed by atoms with Crippen molar-refractivity contribution >= 4 is 74.5 Å². The van der Waals surface area contributed by atoms with Gasteiger partial charge in [-0.2, -0.15) is 0 Å². The summed E-state index contributed by atoms with van der Waals surface area (Å²) in [5, 5.41) is 0. The highest BCUT2D eigenvalue weighted by atomic mass is 127. The lowest BCUT2D eigenvalue weighted by molar-refractivity contribution is -0.139. The van der Waals surface area contributed by atoms with Crippen molar-refractivity contribution in [2.75, 3.05) is 20.3 Å². The van der Waals surface area contributed by atoms with E-state index in [1.165, 1.54) is 22.8 Å². The number of ether oxygens (including phenoxy) is 4. The lowest BCUT2D eigenvalue weighted by Gasteiger charge is -2.25. The van der Waals surface area contributed by atoms with Crippen LogP contribution >= 0.6 is 56.5 Å². The monoisotopic (exact) mass is 788 g/mol. The lowest BCUT2D eigenvalue weighted by atomic mass is 9.95. The van der Waals surface area contributed by atoms with E-state index in [-0.39, 0.29) is 17.7 Å². The number of hydrogen-bond acceptors (Lipinski definition) is 9. The Kier molecular flexibility index (Phi) is 9.72. The summed E-state index contributed by atoms with van der Waals surface area (Å²) in [6.07, 6.45) is 1.69. The highest BCUT2D eigenvalue weighted by Gasteiger charge is 2.34. The first-order valence-electron chi connectivity index (χ1n) is 12.3. The van der Waals surface area contributed by atoms with Crippen molar-refractivity contribution < 1.29 is 28.5 Å². The molecular weight excluding hydrogens is 762 g/mol. The molecule has 0 amide bonds. The van der Waals surface area contributed by atoms with Crippen molar-refractivity contribution in [3.05, 3.63) is 79.6 Å². The third-order valence-electron chi connectivity index (χ3n) is 5.89. The smallest absolute Gasteiger partial charge is 0.338 e. The first-order chi connectivity index (χ1) is 19.1. The third-order valence-corrected chi connectivity index (χ3v) is 8.30. The summed E-state index contributed by atoms with van der Waals surface area (Å²) in [6, 6.07) is 8.21. The number of hydrogen-bond donors (Lipinski definition) is 0. The maximum absolute atomic E-state index is 14.0. The fourth-order valence-corrected chi connectivity index (χ4v) is 7.36. The van der Waals surface area contributed by atoms with Gasteiger partial charge in [-0.3, -0.25) is 14.2 Å². The molecule has 0 saturated heterocycles. The minimum Gasteiger partial charge on any atom is -0.493 e. The van der Waals surface area contributed by atoms with Gasteiger partial charge in [-0.05, 0) is 102 Å². The minimum absolute atomic E-state index is 0.170. The van der Waals surface area contributed by atoms with Crippen LogP contribution in [-0.2, 0) is 14.3 Å². The Hall–Kier alpha value is -2.72. The normalized spacial score (nSPS) is 14.9. The Labute approximate surface area is 261 Å². The standard InChI is InChI=1S/C28H26I2N2O7S/c1-6-37-21-11-16(8-9-20(21)36-5)24-23(27(35)38-7-2)14(3)31-28-32(24)26(34)22(40-28)12-17-10-18(29)13-19(30)25(17)39-15(4)33/h8-13,24H,6-7H2,1-5H3/b22-12-/t24-/m1/s1. The summed E-state index contributed by atoms with van der Waals surface area (Å²) in [4.78, 5) is 44.1. The Morgan fingerprint density at radius 1 is 1.12 bits per heavy atom. The fraction of sp³-hybridized carbons (Fsp3) is 0.286. The molecular formula is C28H26I2N2O7S. The molecule has 1 aliphatic heterocycles. The Bertz CT molecular complexity index is 1710. The Balaban J connectivity index is 2.00. The zero-order valence-electron chi connectivity index (χ0n) is 22.4. The molecule has 0 bridgehead atoms. The number of aromatic nitrogens is 1. The number of allylic oxidation sites excluding steroid dienone is 1. The summed E-state index contributed by atoms with van der Waals surface area (Å²) in [7, 11) is 1.55. The van der Waals surface area contributed by atoms with E-state index in [0.29, 0.717) is 50.0 Å². The molecule has 1 aromatic heterocycles. The van der Waals surface area contributed by atoms with Gasteiger partial charge in [-0.1, -0.05) is 17.4 Å². The highest BCUT2D eigenvalue weighted by Crippen LogP contribution is 2.36. The summed E-state index contributed by atoms with van der Waals surface area (Å²) in [6.45, 7) is 7.22. The largest absolute Gasteiger partial charge is 0.493 e. The predicted octanol–water partition coefficient (Wildman–Crippen LogP) is 4.34. The summed E-state index contributed by atoms with van der Waals surface area (Å²) < 4.78 is 25.6. The quantitative estimate of drug-likeness (QED) is 0.190. The molecule has 40 heavy (non-hydrogen) atoms. The molecule has 9 nitrogen and oxygen atoms in total. The van der Waals surface area contributed by atoms with Gasteiger partial charge in [0.05, 0.1) is 45.7 Å². The van der Waals surface area contributed by atoms with Gasteiger partial charge in [-0.25, -0.2) is 9.79 Å². The third kappa shape index (κ3) is 6.12. The van der Waals surface area contributed by atoms with Crippen molar-refractivity contribution in [2.45, 2.75) is 33.7 Å².